The number of hydrogen-bond donors (Lipinski definition) is 1. The molecular weight excluding hydrogens is 136 g/mol. The molecular formula is C9H15N2+. The average Bonchev–Trinajstić information content (AvgIpc) is 1.93. The summed E-state index contributed by atoms with van der Waals surface area (Å²) in [5, 5.41) is 0. The number of nitrogens with two attached hydrogens (primary N) is 1. The Morgan fingerprint density at radius 3 is 2.45 bits per heavy atom. The first-order valence-corrected chi connectivity index (χ1v) is 3.90. The Kier molecular flexibility index (Phi) is 2.60. The van der Waals surface area contributed by atoms with Gasteiger partial charge < -0.3 is 5.73 Å². The summed E-state index contributed by atoms with van der Waals surface area (Å²) in [4.78, 5) is 0. The van der Waals surface area contributed by atoms with Crippen LogP contribution in [0.3, 0.4) is 0 Å². The smallest absolute Gasteiger partial charge is 0.169 e. The van der Waals surface area contributed by atoms with E-state index in [1.165, 1.54) is 5.56 Å². The van der Waals surface area contributed by atoms with Gasteiger partial charge in [0.2, 0.25) is 0 Å². The fraction of sp³-hybridized carbons (Fsp3) is 0.444. The van der Waals surface area contributed by atoms with Crippen LogP contribution in [0.2, 0.25) is 0 Å². The first kappa shape index (κ1) is 8.21. The van der Waals surface area contributed by atoms with E-state index in [1.54, 1.807) is 0 Å². The molecule has 0 saturated carbocycles. The number of hydrogen-bond acceptors (Lipinski definition) is 1. The Morgan fingerprint density at radius 2 is 2.00 bits per heavy atom. The van der Waals surface area contributed by atoms with E-state index in [4.69, 9.17) is 5.73 Å². The lowest BCUT2D eigenvalue weighted by Gasteiger charge is -1.99. The minimum atomic E-state index is 0.225. The molecule has 1 aromatic rings. The van der Waals surface area contributed by atoms with Crippen molar-refractivity contribution in [1.29, 1.82) is 0 Å². The zero-order valence-corrected chi connectivity index (χ0v) is 7.12. The van der Waals surface area contributed by atoms with Crippen molar-refractivity contribution in [3.63, 3.8) is 0 Å². The van der Waals surface area contributed by atoms with Gasteiger partial charge >= 0.3 is 0 Å². The maximum atomic E-state index is 5.64. The molecule has 1 heterocycles. The summed E-state index contributed by atoms with van der Waals surface area (Å²) in [6.45, 7) is 4.98. The highest BCUT2D eigenvalue weighted by Gasteiger charge is 2.01. The summed E-state index contributed by atoms with van der Waals surface area (Å²) in [6.07, 6.45) is 4.11. The van der Waals surface area contributed by atoms with E-state index in [0.29, 0.717) is 0 Å². The van der Waals surface area contributed by atoms with Crippen LogP contribution in [-0.4, -0.2) is 6.04 Å². The predicted molar refractivity (Wildman–Crippen MR) is 45.0 cm³/mol. The first-order valence-electron chi connectivity index (χ1n) is 3.90. The van der Waals surface area contributed by atoms with Gasteiger partial charge in [-0.25, -0.2) is 4.57 Å². The summed E-state index contributed by atoms with van der Waals surface area (Å²) in [7, 11) is 0. The quantitative estimate of drug-likeness (QED) is 0.617. The lowest BCUT2D eigenvalue weighted by Crippen LogP contribution is -2.41. The lowest BCUT2D eigenvalue weighted by molar-refractivity contribution is -0.698. The molecule has 0 aliphatic heterocycles. The van der Waals surface area contributed by atoms with Crippen LogP contribution >= 0.6 is 0 Å². The van der Waals surface area contributed by atoms with Gasteiger partial charge in [-0.3, -0.25) is 0 Å². The highest BCUT2D eigenvalue weighted by Crippen LogP contribution is 1.89. The van der Waals surface area contributed by atoms with Gasteiger partial charge in [0, 0.05) is 12.1 Å². The third-order valence-corrected chi connectivity index (χ3v) is 1.56. The van der Waals surface area contributed by atoms with Gasteiger partial charge in [-0.1, -0.05) is 0 Å². The summed E-state index contributed by atoms with van der Waals surface area (Å²) < 4.78 is 2.09. The van der Waals surface area contributed by atoms with E-state index >= 15 is 0 Å². The zero-order valence-electron chi connectivity index (χ0n) is 7.12. The Balaban J connectivity index is 2.66. The number of pyridine rings is 1. The Bertz CT molecular complexity index is 214. The maximum Gasteiger partial charge on any atom is 0.169 e. The molecule has 1 aromatic heterocycles. The minimum absolute atomic E-state index is 0.225. The van der Waals surface area contributed by atoms with Crippen LogP contribution in [0.5, 0.6) is 0 Å². The molecule has 60 valence electrons. The fourth-order valence-corrected chi connectivity index (χ4v) is 0.986. The Hall–Kier alpha value is -0.890. The predicted octanol–water partition coefficient (Wildman–Crippen LogP) is 0.630. The van der Waals surface area contributed by atoms with Gasteiger partial charge in [-0.05, 0) is 19.4 Å². The molecule has 0 aliphatic carbocycles. The molecule has 0 radical (unpaired) electrons. The average molecular weight is 151 g/mol. The summed E-state index contributed by atoms with van der Waals surface area (Å²) in [6, 6.07) is 4.40. The van der Waals surface area contributed by atoms with Crippen molar-refractivity contribution in [2.45, 2.75) is 26.4 Å². The number of aryl methyl sites for hydroxylation is 1. The molecule has 0 aliphatic rings. The van der Waals surface area contributed by atoms with Gasteiger partial charge in [0.15, 0.2) is 18.9 Å². The molecule has 2 heteroatoms. The topological polar surface area (TPSA) is 29.9 Å². The first-order chi connectivity index (χ1) is 5.18. The summed E-state index contributed by atoms with van der Waals surface area (Å²) in [5.74, 6) is 0. The van der Waals surface area contributed by atoms with Crippen molar-refractivity contribution in [3.8, 4) is 0 Å². The molecule has 1 unspecified atom stereocenters. The van der Waals surface area contributed by atoms with E-state index in [1.807, 2.05) is 6.92 Å². The minimum Gasteiger partial charge on any atom is -0.323 e. The van der Waals surface area contributed by atoms with Crippen LogP contribution in [0.1, 0.15) is 12.5 Å². The normalized spacial score (nSPS) is 13.0. The summed E-state index contributed by atoms with van der Waals surface area (Å²) in [5.41, 5.74) is 6.92. The zero-order chi connectivity index (χ0) is 8.27. The molecule has 1 atom stereocenters. The van der Waals surface area contributed by atoms with Crippen LogP contribution in [0, 0.1) is 6.92 Å². The number of aromatic nitrogens is 1. The number of rotatable bonds is 2. The molecule has 11 heavy (non-hydrogen) atoms. The van der Waals surface area contributed by atoms with Crippen molar-refractivity contribution in [2.24, 2.45) is 5.73 Å². The molecule has 0 spiro atoms. The van der Waals surface area contributed by atoms with Gasteiger partial charge in [-0.15, -0.1) is 0 Å². The largest absolute Gasteiger partial charge is 0.323 e. The molecule has 0 bridgehead atoms. The summed E-state index contributed by atoms with van der Waals surface area (Å²) >= 11 is 0. The van der Waals surface area contributed by atoms with E-state index in [0.717, 1.165) is 6.54 Å². The fourth-order valence-electron chi connectivity index (χ4n) is 0.986. The van der Waals surface area contributed by atoms with Crippen molar-refractivity contribution in [2.75, 3.05) is 0 Å². The highest BCUT2D eigenvalue weighted by atomic mass is 14.9. The SMILES string of the molecule is Cc1cc[n+](CC(C)N)cc1. The van der Waals surface area contributed by atoms with E-state index < -0.39 is 0 Å². The van der Waals surface area contributed by atoms with Crippen LogP contribution < -0.4 is 10.3 Å². The van der Waals surface area contributed by atoms with Crippen molar-refractivity contribution in [1.82, 2.24) is 0 Å². The molecule has 0 saturated heterocycles. The molecule has 1 rings (SSSR count). The Labute approximate surface area is 67.7 Å². The molecule has 0 amide bonds. The van der Waals surface area contributed by atoms with E-state index in [9.17, 15) is 0 Å². The van der Waals surface area contributed by atoms with Crippen molar-refractivity contribution < 1.29 is 4.57 Å². The Morgan fingerprint density at radius 1 is 1.45 bits per heavy atom. The highest BCUT2D eigenvalue weighted by molar-refractivity contribution is 5.03. The molecule has 0 fully saturated rings. The van der Waals surface area contributed by atoms with Gasteiger partial charge in [0.05, 0.1) is 6.04 Å². The van der Waals surface area contributed by atoms with Gasteiger partial charge in [0.25, 0.3) is 0 Å². The van der Waals surface area contributed by atoms with Crippen LogP contribution in [0.15, 0.2) is 24.5 Å². The molecule has 0 aromatic carbocycles. The number of nitrogens with zero attached hydrogens (tertiary/aromatic N) is 1. The van der Waals surface area contributed by atoms with Crippen molar-refractivity contribution in [3.05, 3.63) is 30.1 Å². The molecule has 2 N–H and O–H groups in total. The maximum absolute atomic E-state index is 5.64. The van der Waals surface area contributed by atoms with Gasteiger partial charge in [0.1, 0.15) is 0 Å². The second kappa shape index (κ2) is 3.49. The van der Waals surface area contributed by atoms with Crippen LogP contribution in [0.25, 0.3) is 0 Å². The lowest BCUT2D eigenvalue weighted by atomic mass is 10.3. The third-order valence-electron chi connectivity index (χ3n) is 1.56. The van der Waals surface area contributed by atoms with Crippen molar-refractivity contribution >= 4 is 0 Å². The monoisotopic (exact) mass is 151 g/mol. The van der Waals surface area contributed by atoms with Crippen LogP contribution in [0.4, 0.5) is 0 Å². The van der Waals surface area contributed by atoms with Crippen LogP contribution in [-0.2, 0) is 6.54 Å². The second-order valence-corrected chi connectivity index (χ2v) is 3.05. The van der Waals surface area contributed by atoms with E-state index in [2.05, 4.69) is 36.0 Å². The second-order valence-electron chi connectivity index (χ2n) is 3.05. The van der Waals surface area contributed by atoms with Gasteiger partial charge in [-0.2, -0.15) is 0 Å². The third kappa shape index (κ3) is 2.68. The molecule has 2 nitrogen and oxygen atoms in total. The standard InChI is InChI=1S/C9H15N2/c1-8-3-5-11(6-4-8)7-9(2)10/h3-6,9H,7,10H2,1-2H3/q+1. The van der Waals surface area contributed by atoms with E-state index in [-0.39, 0.29) is 6.04 Å².